The highest BCUT2D eigenvalue weighted by molar-refractivity contribution is 7.13. The number of nitrogens with zero attached hydrogens (tertiary/aromatic N) is 3. The van der Waals surface area contributed by atoms with Crippen LogP contribution in [0.2, 0.25) is 5.15 Å². The van der Waals surface area contributed by atoms with E-state index in [1.165, 1.54) is 0 Å². The van der Waals surface area contributed by atoms with Crippen molar-refractivity contribution in [3.63, 3.8) is 0 Å². The van der Waals surface area contributed by atoms with Crippen LogP contribution in [0.1, 0.15) is 11.3 Å². The first-order valence-electron chi connectivity index (χ1n) is 6.44. The monoisotopic (exact) mass is 316 g/mol. The molecule has 0 fully saturated rings. The summed E-state index contributed by atoms with van der Waals surface area (Å²) in [5, 5.41) is 6.79. The summed E-state index contributed by atoms with van der Waals surface area (Å²) in [5.41, 5.74) is 3.77. The fraction of sp³-hybridized carbons (Fsp3) is 0.133. The van der Waals surface area contributed by atoms with Crippen molar-refractivity contribution in [3.05, 3.63) is 58.4 Å². The Hall–Kier alpha value is -1.98. The maximum atomic E-state index is 5.91. The Morgan fingerprint density at radius 1 is 1.29 bits per heavy atom. The fourth-order valence-electron chi connectivity index (χ4n) is 1.84. The summed E-state index contributed by atoms with van der Waals surface area (Å²) in [4.78, 5) is 13.0. The van der Waals surface area contributed by atoms with Gasteiger partial charge in [-0.3, -0.25) is 4.98 Å². The van der Waals surface area contributed by atoms with Crippen molar-refractivity contribution in [1.82, 2.24) is 15.0 Å². The molecule has 3 heterocycles. The van der Waals surface area contributed by atoms with Crippen LogP contribution in [-0.4, -0.2) is 15.0 Å². The molecule has 0 aliphatic carbocycles. The quantitative estimate of drug-likeness (QED) is 0.734. The molecule has 0 atom stereocenters. The number of halogens is 1. The van der Waals surface area contributed by atoms with Crippen molar-refractivity contribution >= 4 is 28.6 Å². The lowest BCUT2D eigenvalue weighted by Crippen LogP contribution is -2.00. The molecule has 1 N–H and O–H groups in total. The fourth-order valence-corrected chi connectivity index (χ4v) is 2.74. The van der Waals surface area contributed by atoms with Crippen LogP contribution in [0.25, 0.3) is 10.7 Å². The van der Waals surface area contributed by atoms with Crippen LogP contribution in [0, 0.1) is 6.92 Å². The van der Waals surface area contributed by atoms with Gasteiger partial charge in [-0.2, -0.15) is 0 Å². The van der Waals surface area contributed by atoms with Gasteiger partial charge in [0.15, 0.2) is 0 Å². The zero-order valence-electron chi connectivity index (χ0n) is 11.4. The molecule has 0 amide bonds. The Kier molecular flexibility index (Phi) is 4.13. The van der Waals surface area contributed by atoms with E-state index < -0.39 is 0 Å². The summed E-state index contributed by atoms with van der Waals surface area (Å²) < 4.78 is 0. The first kappa shape index (κ1) is 14.0. The zero-order chi connectivity index (χ0) is 14.7. The molecule has 0 saturated carbocycles. The predicted molar refractivity (Wildman–Crippen MR) is 86.7 cm³/mol. The summed E-state index contributed by atoms with van der Waals surface area (Å²) in [5.74, 6) is 0. The molecule has 3 rings (SSSR count). The molecule has 4 nitrogen and oxygen atoms in total. The number of aryl methyl sites for hydroxylation is 1. The molecule has 0 bridgehead atoms. The van der Waals surface area contributed by atoms with Crippen LogP contribution in [0.5, 0.6) is 0 Å². The number of pyridine rings is 2. The average Bonchev–Trinajstić information content (AvgIpc) is 2.98. The molecule has 0 aromatic carbocycles. The van der Waals surface area contributed by atoms with Gasteiger partial charge in [0.05, 0.1) is 29.8 Å². The normalized spacial score (nSPS) is 10.6. The van der Waals surface area contributed by atoms with E-state index in [1.807, 2.05) is 36.6 Å². The van der Waals surface area contributed by atoms with E-state index in [2.05, 4.69) is 20.3 Å². The van der Waals surface area contributed by atoms with Gasteiger partial charge >= 0.3 is 0 Å². The second-order valence-corrected chi connectivity index (χ2v) is 5.76. The summed E-state index contributed by atoms with van der Waals surface area (Å²) in [6, 6.07) is 7.79. The van der Waals surface area contributed by atoms with Gasteiger partial charge in [-0.1, -0.05) is 17.7 Å². The summed E-state index contributed by atoms with van der Waals surface area (Å²) in [7, 11) is 0. The molecule has 0 spiro atoms. The van der Waals surface area contributed by atoms with Crippen LogP contribution in [-0.2, 0) is 6.54 Å². The molecule has 3 aromatic heterocycles. The first-order chi connectivity index (χ1) is 10.2. The van der Waals surface area contributed by atoms with Gasteiger partial charge in [0.1, 0.15) is 10.2 Å². The van der Waals surface area contributed by atoms with Gasteiger partial charge in [0.25, 0.3) is 0 Å². The number of thiazole rings is 1. The van der Waals surface area contributed by atoms with Crippen molar-refractivity contribution in [2.45, 2.75) is 13.5 Å². The lowest BCUT2D eigenvalue weighted by atomic mass is 10.3. The lowest BCUT2D eigenvalue weighted by molar-refractivity contribution is 1.06. The van der Waals surface area contributed by atoms with Crippen molar-refractivity contribution in [3.8, 4) is 10.7 Å². The summed E-state index contributed by atoms with van der Waals surface area (Å²) in [6.07, 6.45) is 3.50. The second-order valence-electron chi connectivity index (χ2n) is 4.54. The molecule has 0 aliphatic heterocycles. The van der Waals surface area contributed by atoms with Gasteiger partial charge in [0.2, 0.25) is 0 Å². The van der Waals surface area contributed by atoms with Crippen molar-refractivity contribution in [2.75, 3.05) is 5.32 Å². The van der Waals surface area contributed by atoms with E-state index in [9.17, 15) is 0 Å². The zero-order valence-corrected chi connectivity index (χ0v) is 12.9. The largest absolute Gasteiger partial charge is 0.378 e. The molecule has 0 radical (unpaired) electrons. The number of hydrogen-bond acceptors (Lipinski definition) is 5. The van der Waals surface area contributed by atoms with E-state index >= 15 is 0 Å². The maximum absolute atomic E-state index is 5.91. The highest BCUT2D eigenvalue weighted by Gasteiger charge is 2.06. The topological polar surface area (TPSA) is 50.7 Å². The summed E-state index contributed by atoms with van der Waals surface area (Å²) in [6.45, 7) is 2.58. The van der Waals surface area contributed by atoms with E-state index in [4.69, 9.17) is 11.6 Å². The minimum Gasteiger partial charge on any atom is -0.378 e. The molecule has 6 heteroatoms. The Morgan fingerprint density at radius 3 is 2.95 bits per heavy atom. The number of nitrogens with one attached hydrogen (secondary N) is 1. The van der Waals surface area contributed by atoms with E-state index in [0.717, 1.165) is 27.6 Å². The SMILES string of the molecule is Cc1cc(NCc2csc(-c3ccccn3)n2)cnc1Cl. The maximum Gasteiger partial charge on any atom is 0.142 e. The standard InChI is InChI=1S/C15H13ClN4S/c1-10-6-11(7-19-14(10)16)18-8-12-9-21-15(20-12)13-4-2-3-5-17-13/h2-7,9,18H,8H2,1H3. The Balaban J connectivity index is 1.69. The molecular weight excluding hydrogens is 304 g/mol. The summed E-state index contributed by atoms with van der Waals surface area (Å²) >= 11 is 7.51. The molecule has 3 aromatic rings. The first-order valence-corrected chi connectivity index (χ1v) is 7.70. The van der Waals surface area contributed by atoms with Crippen LogP contribution >= 0.6 is 22.9 Å². The van der Waals surface area contributed by atoms with Crippen molar-refractivity contribution in [1.29, 1.82) is 0 Å². The van der Waals surface area contributed by atoms with E-state index in [0.29, 0.717) is 11.7 Å². The molecule has 21 heavy (non-hydrogen) atoms. The number of aromatic nitrogens is 3. The smallest absolute Gasteiger partial charge is 0.142 e. The van der Waals surface area contributed by atoms with Gasteiger partial charge in [-0.05, 0) is 30.7 Å². The van der Waals surface area contributed by atoms with Gasteiger partial charge in [-0.15, -0.1) is 11.3 Å². The third-order valence-electron chi connectivity index (χ3n) is 2.92. The number of rotatable bonds is 4. The second kappa shape index (κ2) is 6.20. The molecular formula is C15H13ClN4S. The Labute approximate surface area is 131 Å². The van der Waals surface area contributed by atoms with Gasteiger partial charge < -0.3 is 5.32 Å². The minimum absolute atomic E-state index is 0.534. The third-order valence-corrected chi connectivity index (χ3v) is 4.23. The van der Waals surface area contributed by atoms with Crippen LogP contribution < -0.4 is 5.32 Å². The van der Waals surface area contributed by atoms with Crippen LogP contribution in [0.4, 0.5) is 5.69 Å². The number of hydrogen-bond donors (Lipinski definition) is 1. The Bertz CT molecular complexity index is 742. The number of anilines is 1. The highest BCUT2D eigenvalue weighted by atomic mass is 35.5. The van der Waals surface area contributed by atoms with Gasteiger partial charge in [-0.25, -0.2) is 9.97 Å². The Morgan fingerprint density at radius 2 is 2.19 bits per heavy atom. The van der Waals surface area contributed by atoms with E-state index in [1.54, 1.807) is 23.7 Å². The van der Waals surface area contributed by atoms with Crippen molar-refractivity contribution < 1.29 is 0 Å². The van der Waals surface area contributed by atoms with Crippen LogP contribution in [0.15, 0.2) is 42.0 Å². The van der Waals surface area contributed by atoms with Crippen LogP contribution in [0.3, 0.4) is 0 Å². The van der Waals surface area contributed by atoms with Crippen molar-refractivity contribution in [2.24, 2.45) is 0 Å². The lowest BCUT2D eigenvalue weighted by Gasteiger charge is -2.05. The minimum atomic E-state index is 0.534. The predicted octanol–water partition coefficient (Wildman–Crippen LogP) is 4.17. The average molecular weight is 317 g/mol. The highest BCUT2D eigenvalue weighted by Crippen LogP contribution is 2.22. The molecule has 0 aliphatic rings. The molecule has 0 saturated heterocycles. The molecule has 0 unspecified atom stereocenters. The van der Waals surface area contributed by atoms with Gasteiger partial charge in [0, 0.05) is 11.6 Å². The van der Waals surface area contributed by atoms with E-state index in [-0.39, 0.29) is 0 Å². The third kappa shape index (κ3) is 3.37. The molecule has 106 valence electrons.